The molecule has 2 rings (SSSR count). The number of carbonyl (C=O) groups is 1. The summed E-state index contributed by atoms with van der Waals surface area (Å²) in [5, 5.41) is 4.61. The molecule has 0 saturated carbocycles. The Kier molecular flexibility index (Phi) is 4.35. The standard InChI is InChI=1S/C11H12ClN3O2S/c12-7-1-2-8-9(5-7)18-11(15-8)14-3-4-17-6-10(13)16/h1-2,5H,3-4,6H2,(H2,13,16)(H,14,15). The van der Waals surface area contributed by atoms with Gasteiger partial charge in [-0.3, -0.25) is 4.79 Å². The fourth-order valence-corrected chi connectivity index (χ4v) is 2.54. The summed E-state index contributed by atoms with van der Waals surface area (Å²) in [7, 11) is 0. The van der Waals surface area contributed by atoms with Crippen LogP contribution in [0.15, 0.2) is 18.2 Å². The average molecular weight is 286 g/mol. The first kappa shape index (κ1) is 13.1. The normalized spacial score (nSPS) is 10.7. The highest BCUT2D eigenvalue weighted by Crippen LogP contribution is 2.27. The van der Waals surface area contributed by atoms with E-state index >= 15 is 0 Å². The number of fused-ring (bicyclic) bond motifs is 1. The van der Waals surface area contributed by atoms with E-state index in [0.717, 1.165) is 15.3 Å². The quantitative estimate of drug-likeness (QED) is 0.794. The molecule has 1 amide bonds. The molecule has 0 spiro atoms. The molecule has 1 heterocycles. The molecule has 0 fully saturated rings. The number of ether oxygens (including phenoxy) is 1. The van der Waals surface area contributed by atoms with Gasteiger partial charge in [0.1, 0.15) is 6.61 Å². The van der Waals surface area contributed by atoms with Gasteiger partial charge < -0.3 is 15.8 Å². The molecule has 18 heavy (non-hydrogen) atoms. The molecule has 2 aromatic rings. The number of aromatic nitrogens is 1. The van der Waals surface area contributed by atoms with Gasteiger partial charge in [0.15, 0.2) is 5.13 Å². The second-order valence-electron chi connectivity index (χ2n) is 3.58. The van der Waals surface area contributed by atoms with Crippen LogP contribution in [0.2, 0.25) is 5.02 Å². The number of amides is 1. The Bertz CT molecular complexity index is 558. The summed E-state index contributed by atoms with van der Waals surface area (Å²) in [5.41, 5.74) is 5.85. The number of rotatable bonds is 6. The van der Waals surface area contributed by atoms with Crippen molar-refractivity contribution in [3.05, 3.63) is 23.2 Å². The predicted molar refractivity (Wildman–Crippen MR) is 73.1 cm³/mol. The number of carbonyl (C=O) groups excluding carboxylic acids is 1. The van der Waals surface area contributed by atoms with Gasteiger partial charge in [0, 0.05) is 11.6 Å². The molecule has 0 unspecified atom stereocenters. The number of primary amides is 1. The van der Waals surface area contributed by atoms with E-state index in [2.05, 4.69) is 10.3 Å². The van der Waals surface area contributed by atoms with E-state index in [1.165, 1.54) is 11.3 Å². The minimum Gasteiger partial charge on any atom is -0.370 e. The van der Waals surface area contributed by atoms with Crippen LogP contribution in [0.5, 0.6) is 0 Å². The molecule has 0 saturated heterocycles. The van der Waals surface area contributed by atoms with Crippen molar-refractivity contribution >= 4 is 44.2 Å². The molecule has 0 aliphatic rings. The summed E-state index contributed by atoms with van der Waals surface area (Å²) in [4.78, 5) is 14.8. The number of anilines is 1. The summed E-state index contributed by atoms with van der Waals surface area (Å²) < 4.78 is 6.06. The van der Waals surface area contributed by atoms with E-state index in [-0.39, 0.29) is 6.61 Å². The molecule has 0 atom stereocenters. The van der Waals surface area contributed by atoms with E-state index in [1.807, 2.05) is 18.2 Å². The van der Waals surface area contributed by atoms with Gasteiger partial charge in [-0.15, -0.1) is 0 Å². The van der Waals surface area contributed by atoms with Crippen LogP contribution >= 0.6 is 22.9 Å². The smallest absolute Gasteiger partial charge is 0.243 e. The van der Waals surface area contributed by atoms with Gasteiger partial charge in [-0.1, -0.05) is 22.9 Å². The van der Waals surface area contributed by atoms with Crippen molar-refractivity contribution in [2.75, 3.05) is 25.1 Å². The van der Waals surface area contributed by atoms with Crippen LogP contribution in [0.3, 0.4) is 0 Å². The van der Waals surface area contributed by atoms with Crippen LogP contribution in [-0.4, -0.2) is 30.6 Å². The van der Waals surface area contributed by atoms with Gasteiger partial charge in [0.25, 0.3) is 0 Å². The highest BCUT2D eigenvalue weighted by Gasteiger charge is 2.03. The van der Waals surface area contributed by atoms with Crippen LogP contribution in [-0.2, 0) is 9.53 Å². The molecule has 0 aliphatic carbocycles. The Morgan fingerprint density at radius 3 is 3.17 bits per heavy atom. The molecule has 0 aliphatic heterocycles. The SMILES string of the molecule is NC(=O)COCCNc1nc2ccc(Cl)cc2s1. The summed E-state index contributed by atoms with van der Waals surface area (Å²) in [5.74, 6) is -0.468. The van der Waals surface area contributed by atoms with Crippen molar-refractivity contribution in [2.45, 2.75) is 0 Å². The second-order valence-corrected chi connectivity index (χ2v) is 5.04. The Morgan fingerprint density at radius 1 is 1.56 bits per heavy atom. The third-order valence-electron chi connectivity index (χ3n) is 2.12. The minimum absolute atomic E-state index is 0.0584. The van der Waals surface area contributed by atoms with Gasteiger partial charge in [0.2, 0.25) is 5.91 Å². The zero-order chi connectivity index (χ0) is 13.0. The fraction of sp³-hybridized carbons (Fsp3) is 0.273. The Morgan fingerprint density at radius 2 is 2.39 bits per heavy atom. The van der Waals surface area contributed by atoms with Gasteiger partial charge in [0.05, 0.1) is 16.8 Å². The van der Waals surface area contributed by atoms with Gasteiger partial charge >= 0.3 is 0 Å². The van der Waals surface area contributed by atoms with Gasteiger partial charge in [-0.2, -0.15) is 0 Å². The summed E-state index contributed by atoms with van der Waals surface area (Å²) in [6, 6.07) is 5.57. The third-order valence-corrected chi connectivity index (χ3v) is 3.33. The van der Waals surface area contributed by atoms with Crippen LogP contribution in [0.1, 0.15) is 0 Å². The highest BCUT2D eigenvalue weighted by molar-refractivity contribution is 7.22. The fourth-order valence-electron chi connectivity index (χ4n) is 1.38. The van der Waals surface area contributed by atoms with Crippen molar-refractivity contribution in [3.63, 3.8) is 0 Å². The van der Waals surface area contributed by atoms with Crippen molar-refractivity contribution in [1.29, 1.82) is 0 Å². The summed E-state index contributed by atoms with van der Waals surface area (Å²) >= 11 is 7.42. The average Bonchev–Trinajstić information content (AvgIpc) is 2.70. The van der Waals surface area contributed by atoms with Crippen LogP contribution in [0.4, 0.5) is 5.13 Å². The molecule has 1 aromatic carbocycles. The number of nitrogens with zero attached hydrogens (tertiary/aromatic N) is 1. The second kappa shape index (κ2) is 5.99. The monoisotopic (exact) mass is 285 g/mol. The van der Waals surface area contributed by atoms with E-state index in [1.54, 1.807) is 0 Å². The Balaban J connectivity index is 1.86. The summed E-state index contributed by atoms with van der Waals surface area (Å²) in [6.45, 7) is 0.914. The Hall–Kier alpha value is -1.37. The molecular weight excluding hydrogens is 274 g/mol. The molecule has 5 nitrogen and oxygen atoms in total. The van der Waals surface area contributed by atoms with Crippen molar-refractivity contribution in [2.24, 2.45) is 5.73 Å². The predicted octanol–water partition coefficient (Wildman–Crippen LogP) is 1.86. The lowest BCUT2D eigenvalue weighted by Gasteiger charge is -2.02. The highest BCUT2D eigenvalue weighted by atomic mass is 35.5. The van der Waals surface area contributed by atoms with E-state index in [9.17, 15) is 4.79 Å². The zero-order valence-electron chi connectivity index (χ0n) is 9.48. The van der Waals surface area contributed by atoms with Gasteiger partial charge in [-0.25, -0.2) is 4.98 Å². The molecule has 1 aromatic heterocycles. The maximum absolute atomic E-state index is 10.4. The van der Waals surface area contributed by atoms with E-state index < -0.39 is 5.91 Å². The lowest BCUT2D eigenvalue weighted by molar-refractivity contribution is -0.122. The largest absolute Gasteiger partial charge is 0.370 e. The van der Waals surface area contributed by atoms with E-state index in [0.29, 0.717) is 18.2 Å². The van der Waals surface area contributed by atoms with Crippen molar-refractivity contribution in [1.82, 2.24) is 4.98 Å². The topological polar surface area (TPSA) is 77.2 Å². The zero-order valence-corrected chi connectivity index (χ0v) is 11.1. The number of benzene rings is 1. The molecule has 0 radical (unpaired) electrons. The number of hydrogen-bond acceptors (Lipinski definition) is 5. The van der Waals surface area contributed by atoms with Crippen LogP contribution in [0, 0.1) is 0 Å². The first-order valence-corrected chi connectivity index (χ1v) is 6.50. The summed E-state index contributed by atoms with van der Waals surface area (Å²) in [6.07, 6.45) is 0. The first-order valence-electron chi connectivity index (χ1n) is 5.31. The number of hydrogen-bond donors (Lipinski definition) is 2. The number of nitrogens with one attached hydrogen (secondary N) is 1. The molecule has 96 valence electrons. The van der Waals surface area contributed by atoms with E-state index in [4.69, 9.17) is 22.1 Å². The minimum atomic E-state index is -0.468. The molecule has 0 bridgehead atoms. The number of halogens is 1. The molecule has 3 N–H and O–H groups in total. The lowest BCUT2D eigenvalue weighted by atomic mass is 10.3. The molecular formula is C11H12ClN3O2S. The van der Waals surface area contributed by atoms with Crippen LogP contribution in [0.25, 0.3) is 10.2 Å². The van der Waals surface area contributed by atoms with Crippen molar-refractivity contribution in [3.8, 4) is 0 Å². The van der Waals surface area contributed by atoms with Gasteiger partial charge in [-0.05, 0) is 18.2 Å². The third kappa shape index (κ3) is 3.56. The Labute approximate surface area is 113 Å². The van der Waals surface area contributed by atoms with Crippen LogP contribution < -0.4 is 11.1 Å². The molecule has 7 heteroatoms. The maximum atomic E-state index is 10.4. The lowest BCUT2D eigenvalue weighted by Crippen LogP contribution is -2.20. The number of thiazole rings is 1. The van der Waals surface area contributed by atoms with Crippen molar-refractivity contribution < 1.29 is 9.53 Å². The maximum Gasteiger partial charge on any atom is 0.243 e. The number of nitrogens with two attached hydrogens (primary N) is 1. The first-order chi connectivity index (χ1) is 8.65.